The topological polar surface area (TPSA) is 38.3 Å². The largest absolute Gasteiger partial charge is 0.501 e. The fraction of sp³-hybridized carbons (Fsp3) is 0.412. The zero-order valence-corrected chi connectivity index (χ0v) is 13.3. The normalized spacial score (nSPS) is 16.0. The quantitative estimate of drug-likeness (QED) is 0.592. The highest BCUT2D eigenvalue weighted by molar-refractivity contribution is 7.85. The summed E-state index contributed by atoms with van der Waals surface area (Å²) in [6.45, 7) is 1.72. The van der Waals surface area contributed by atoms with Gasteiger partial charge < -0.3 is 10.1 Å². The lowest BCUT2D eigenvalue weighted by Gasteiger charge is -2.13. The van der Waals surface area contributed by atoms with E-state index in [1.807, 2.05) is 30.3 Å². The number of hydrogen-bond acceptors (Lipinski definition) is 3. The maximum absolute atomic E-state index is 12.0. The van der Waals surface area contributed by atoms with E-state index in [-0.39, 0.29) is 0 Å². The maximum Gasteiger partial charge on any atom is 0.0956 e. The van der Waals surface area contributed by atoms with Gasteiger partial charge in [0, 0.05) is 23.6 Å². The summed E-state index contributed by atoms with van der Waals surface area (Å²) in [4.78, 5) is 0.909. The Morgan fingerprint density at radius 1 is 1.14 bits per heavy atom. The van der Waals surface area contributed by atoms with Crippen LogP contribution < -0.4 is 5.32 Å². The Hall–Kier alpha value is -1.39. The van der Waals surface area contributed by atoms with Crippen molar-refractivity contribution in [1.82, 2.24) is 5.32 Å². The van der Waals surface area contributed by atoms with Crippen molar-refractivity contribution < 1.29 is 8.95 Å². The fourth-order valence-electron chi connectivity index (χ4n) is 2.26. The van der Waals surface area contributed by atoms with Crippen LogP contribution in [0.1, 0.15) is 19.3 Å². The summed E-state index contributed by atoms with van der Waals surface area (Å²) < 4.78 is 17.2. The highest BCUT2D eigenvalue weighted by Gasteiger charge is 2.05. The summed E-state index contributed by atoms with van der Waals surface area (Å²) in [6.07, 6.45) is 7.35. The van der Waals surface area contributed by atoms with Gasteiger partial charge in [-0.3, -0.25) is 4.21 Å². The molecule has 1 aromatic carbocycles. The zero-order valence-electron chi connectivity index (χ0n) is 12.5. The molecule has 0 saturated heterocycles. The predicted octanol–water partition coefficient (Wildman–Crippen LogP) is 3.02. The van der Waals surface area contributed by atoms with Gasteiger partial charge in [0.05, 0.1) is 23.7 Å². The molecule has 3 nitrogen and oxygen atoms in total. The molecule has 1 atom stereocenters. The van der Waals surface area contributed by atoms with Gasteiger partial charge in [-0.2, -0.15) is 0 Å². The van der Waals surface area contributed by atoms with Crippen molar-refractivity contribution in [2.45, 2.75) is 24.2 Å². The monoisotopic (exact) mass is 305 g/mol. The molecule has 0 radical (unpaired) electrons. The molecular weight excluding hydrogens is 282 g/mol. The van der Waals surface area contributed by atoms with E-state index in [1.54, 1.807) is 7.11 Å². The summed E-state index contributed by atoms with van der Waals surface area (Å²) in [6, 6.07) is 9.64. The van der Waals surface area contributed by atoms with Gasteiger partial charge in [-0.15, -0.1) is 0 Å². The minimum Gasteiger partial charge on any atom is -0.501 e. The Labute approximate surface area is 129 Å². The first-order valence-electron chi connectivity index (χ1n) is 7.34. The minimum absolute atomic E-state index is 0.663. The second kappa shape index (κ2) is 8.80. The van der Waals surface area contributed by atoms with Crippen LogP contribution in [-0.2, 0) is 15.5 Å². The molecule has 1 aliphatic carbocycles. The van der Waals surface area contributed by atoms with Crippen LogP contribution in [-0.4, -0.2) is 30.2 Å². The third-order valence-electron chi connectivity index (χ3n) is 3.54. The Morgan fingerprint density at radius 2 is 1.95 bits per heavy atom. The first kappa shape index (κ1) is 16.0. The number of allylic oxidation sites excluding steroid dienone is 2. The van der Waals surface area contributed by atoms with E-state index in [0.717, 1.165) is 43.0 Å². The summed E-state index contributed by atoms with van der Waals surface area (Å²) in [5.74, 6) is 1.72. The van der Waals surface area contributed by atoms with Gasteiger partial charge in [0.2, 0.25) is 0 Å². The molecule has 114 valence electrons. The molecule has 0 bridgehead atoms. The third-order valence-corrected chi connectivity index (χ3v) is 4.91. The van der Waals surface area contributed by atoms with Crippen LogP contribution in [0.2, 0.25) is 0 Å². The molecule has 4 heteroatoms. The van der Waals surface area contributed by atoms with Gasteiger partial charge in [0.15, 0.2) is 0 Å². The molecule has 0 fully saturated rings. The number of rotatable bonds is 8. The molecular formula is C17H23NO2S. The van der Waals surface area contributed by atoms with E-state index in [1.165, 1.54) is 5.57 Å². The lowest BCUT2D eigenvalue weighted by atomic mass is 10.0. The second-order valence-electron chi connectivity index (χ2n) is 5.01. The molecule has 0 saturated carbocycles. The summed E-state index contributed by atoms with van der Waals surface area (Å²) in [7, 11) is 0.821. The Morgan fingerprint density at radius 3 is 2.62 bits per heavy atom. The van der Waals surface area contributed by atoms with E-state index in [9.17, 15) is 4.21 Å². The Bertz CT molecular complexity index is 523. The van der Waals surface area contributed by atoms with Crippen LogP contribution in [0.3, 0.4) is 0 Å². The lowest BCUT2D eigenvalue weighted by Crippen LogP contribution is -2.22. The first-order chi connectivity index (χ1) is 10.3. The van der Waals surface area contributed by atoms with Crippen molar-refractivity contribution in [3.63, 3.8) is 0 Å². The van der Waals surface area contributed by atoms with Crippen LogP contribution in [0.4, 0.5) is 0 Å². The highest BCUT2D eigenvalue weighted by atomic mass is 32.2. The lowest BCUT2D eigenvalue weighted by molar-refractivity contribution is 0.281. The van der Waals surface area contributed by atoms with Gasteiger partial charge in [-0.25, -0.2) is 0 Å². The smallest absolute Gasteiger partial charge is 0.0956 e. The molecule has 1 aliphatic rings. The molecule has 0 spiro atoms. The van der Waals surface area contributed by atoms with E-state index in [2.05, 4.69) is 17.5 Å². The SMILES string of the molecule is COC1=CCC(CCNCCS(=O)c2ccccc2)=CC1. The molecule has 1 aromatic rings. The number of methoxy groups -OCH3 is 1. The van der Waals surface area contributed by atoms with Crippen LogP contribution in [0.15, 0.2) is 58.7 Å². The molecule has 1 N–H and O–H groups in total. The van der Waals surface area contributed by atoms with E-state index >= 15 is 0 Å². The molecule has 0 heterocycles. The van der Waals surface area contributed by atoms with Crippen molar-refractivity contribution in [3.8, 4) is 0 Å². The van der Waals surface area contributed by atoms with E-state index in [4.69, 9.17) is 4.74 Å². The number of hydrogen-bond donors (Lipinski definition) is 1. The predicted molar refractivity (Wildman–Crippen MR) is 87.6 cm³/mol. The number of nitrogens with one attached hydrogen (secondary N) is 1. The van der Waals surface area contributed by atoms with E-state index in [0.29, 0.717) is 5.75 Å². The van der Waals surface area contributed by atoms with Gasteiger partial charge in [-0.1, -0.05) is 29.8 Å². The number of benzene rings is 1. The van der Waals surface area contributed by atoms with Crippen LogP contribution in [0.25, 0.3) is 0 Å². The van der Waals surface area contributed by atoms with Gasteiger partial charge >= 0.3 is 0 Å². The molecule has 1 unspecified atom stereocenters. The molecule has 0 amide bonds. The van der Waals surface area contributed by atoms with Gasteiger partial charge in [-0.05, 0) is 37.6 Å². The fourth-order valence-corrected chi connectivity index (χ4v) is 3.28. The molecule has 21 heavy (non-hydrogen) atoms. The average Bonchev–Trinajstić information content (AvgIpc) is 2.55. The van der Waals surface area contributed by atoms with Crippen molar-refractivity contribution >= 4 is 10.8 Å². The van der Waals surface area contributed by atoms with Crippen molar-refractivity contribution in [1.29, 1.82) is 0 Å². The molecule has 0 aliphatic heterocycles. The van der Waals surface area contributed by atoms with Gasteiger partial charge in [0.25, 0.3) is 0 Å². The number of ether oxygens (including phenoxy) is 1. The third kappa shape index (κ3) is 5.48. The molecule has 2 rings (SSSR count). The summed E-state index contributed by atoms with van der Waals surface area (Å²) in [5.41, 5.74) is 1.45. The van der Waals surface area contributed by atoms with Gasteiger partial charge in [0.1, 0.15) is 0 Å². The summed E-state index contributed by atoms with van der Waals surface area (Å²) >= 11 is 0. The standard InChI is InChI=1S/C17H23NO2S/c1-20-16-9-7-15(8-10-16)11-12-18-13-14-21(19)17-5-3-2-4-6-17/h2-7,10,18H,8-9,11-14H2,1H3. The Balaban J connectivity index is 1.59. The Kier molecular flexibility index (Phi) is 6.70. The highest BCUT2D eigenvalue weighted by Crippen LogP contribution is 2.19. The molecule has 0 aromatic heterocycles. The zero-order chi connectivity index (χ0) is 14.9. The average molecular weight is 305 g/mol. The van der Waals surface area contributed by atoms with Crippen LogP contribution in [0, 0.1) is 0 Å². The van der Waals surface area contributed by atoms with Crippen molar-refractivity contribution in [2.75, 3.05) is 26.0 Å². The van der Waals surface area contributed by atoms with Crippen LogP contribution in [0.5, 0.6) is 0 Å². The summed E-state index contributed by atoms with van der Waals surface area (Å²) in [5, 5.41) is 3.37. The first-order valence-corrected chi connectivity index (χ1v) is 8.66. The van der Waals surface area contributed by atoms with Crippen molar-refractivity contribution in [2.24, 2.45) is 0 Å². The van der Waals surface area contributed by atoms with Crippen LogP contribution >= 0.6 is 0 Å². The second-order valence-corrected chi connectivity index (χ2v) is 6.58. The maximum atomic E-state index is 12.0. The van der Waals surface area contributed by atoms with Crippen molar-refractivity contribution in [3.05, 3.63) is 53.8 Å². The van der Waals surface area contributed by atoms with E-state index < -0.39 is 10.8 Å². The minimum atomic E-state index is -0.901.